The SMILES string of the molecule is CCCCCN[C@H](C)c1ccccn1. The molecule has 1 atom stereocenters. The second-order valence-electron chi connectivity index (χ2n) is 3.64. The van der Waals surface area contributed by atoms with E-state index in [0.29, 0.717) is 6.04 Å². The van der Waals surface area contributed by atoms with Gasteiger partial charge in [0.2, 0.25) is 0 Å². The maximum Gasteiger partial charge on any atom is 0.0570 e. The molecule has 1 aromatic rings. The van der Waals surface area contributed by atoms with E-state index in [1.165, 1.54) is 19.3 Å². The lowest BCUT2D eigenvalue weighted by atomic mass is 10.2. The van der Waals surface area contributed by atoms with Crippen molar-refractivity contribution in [3.63, 3.8) is 0 Å². The van der Waals surface area contributed by atoms with E-state index >= 15 is 0 Å². The second-order valence-corrected chi connectivity index (χ2v) is 3.64. The van der Waals surface area contributed by atoms with Crippen LogP contribution < -0.4 is 5.32 Å². The number of rotatable bonds is 6. The Hall–Kier alpha value is -0.890. The number of nitrogens with one attached hydrogen (secondary N) is 1. The number of hydrogen-bond acceptors (Lipinski definition) is 2. The van der Waals surface area contributed by atoms with Crippen LogP contribution in [0, 0.1) is 0 Å². The van der Waals surface area contributed by atoms with E-state index in [0.717, 1.165) is 12.2 Å². The van der Waals surface area contributed by atoms with Crippen LogP contribution in [-0.4, -0.2) is 11.5 Å². The molecule has 1 heterocycles. The molecule has 0 radical (unpaired) electrons. The van der Waals surface area contributed by atoms with Gasteiger partial charge < -0.3 is 5.32 Å². The van der Waals surface area contributed by atoms with Crippen molar-refractivity contribution in [1.29, 1.82) is 0 Å². The molecule has 78 valence electrons. The van der Waals surface area contributed by atoms with Crippen LogP contribution in [0.5, 0.6) is 0 Å². The maximum atomic E-state index is 4.32. The van der Waals surface area contributed by atoms with E-state index in [4.69, 9.17) is 0 Å². The first-order chi connectivity index (χ1) is 6.84. The highest BCUT2D eigenvalue weighted by molar-refractivity contribution is 5.07. The first-order valence-corrected chi connectivity index (χ1v) is 5.49. The summed E-state index contributed by atoms with van der Waals surface area (Å²) < 4.78 is 0. The monoisotopic (exact) mass is 192 g/mol. The van der Waals surface area contributed by atoms with Gasteiger partial charge in [0.15, 0.2) is 0 Å². The van der Waals surface area contributed by atoms with Gasteiger partial charge in [-0.25, -0.2) is 0 Å². The Kier molecular flexibility index (Phi) is 5.23. The lowest BCUT2D eigenvalue weighted by Crippen LogP contribution is -2.20. The van der Waals surface area contributed by atoms with E-state index in [9.17, 15) is 0 Å². The van der Waals surface area contributed by atoms with Gasteiger partial charge in [0, 0.05) is 12.2 Å². The molecule has 1 rings (SSSR count). The predicted octanol–water partition coefficient (Wildman–Crippen LogP) is 2.92. The van der Waals surface area contributed by atoms with E-state index < -0.39 is 0 Å². The molecular weight excluding hydrogens is 172 g/mol. The summed E-state index contributed by atoms with van der Waals surface area (Å²) in [5, 5.41) is 3.47. The van der Waals surface area contributed by atoms with Gasteiger partial charge in [-0.3, -0.25) is 4.98 Å². The molecule has 0 saturated carbocycles. The predicted molar refractivity (Wildman–Crippen MR) is 60.2 cm³/mol. The van der Waals surface area contributed by atoms with Crippen LogP contribution in [0.2, 0.25) is 0 Å². The van der Waals surface area contributed by atoms with E-state index in [2.05, 4.69) is 30.2 Å². The molecule has 0 spiro atoms. The molecule has 2 heteroatoms. The lowest BCUT2D eigenvalue weighted by Gasteiger charge is -2.12. The minimum atomic E-state index is 0.369. The number of pyridine rings is 1. The molecular formula is C12H20N2. The van der Waals surface area contributed by atoms with Gasteiger partial charge in [0.25, 0.3) is 0 Å². The standard InChI is InChI=1S/C12H20N2/c1-3-4-6-9-13-11(2)12-8-5-7-10-14-12/h5,7-8,10-11,13H,3-4,6,9H2,1-2H3/t11-/m1/s1. The molecule has 14 heavy (non-hydrogen) atoms. The van der Waals surface area contributed by atoms with Crippen LogP contribution in [0.15, 0.2) is 24.4 Å². The minimum Gasteiger partial charge on any atom is -0.309 e. The average Bonchev–Trinajstić information content (AvgIpc) is 2.25. The lowest BCUT2D eigenvalue weighted by molar-refractivity contribution is 0.534. The van der Waals surface area contributed by atoms with Crippen molar-refractivity contribution < 1.29 is 0 Å². The molecule has 0 aliphatic heterocycles. The second kappa shape index (κ2) is 6.55. The summed E-state index contributed by atoms with van der Waals surface area (Å²) >= 11 is 0. The van der Waals surface area contributed by atoms with Crippen LogP contribution in [0.4, 0.5) is 0 Å². The Bertz CT molecular complexity index is 233. The quantitative estimate of drug-likeness (QED) is 0.701. The van der Waals surface area contributed by atoms with Crippen LogP contribution in [0.1, 0.15) is 44.8 Å². The molecule has 0 amide bonds. The summed E-state index contributed by atoms with van der Waals surface area (Å²) in [7, 11) is 0. The molecule has 1 aromatic heterocycles. The molecule has 0 saturated heterocycles. The fourth-order valence-corrected chi connectivity index (χ4v) is 1.43. The van der Waals surface area contributed by atoms with Crippen molar-refractivity contribution in [3.05, 3.63) is 30.1 Å². The third kappa shape index (κ3) is 3.88. The van der Waals surface area contributed by atoms with Gasteiger partial charge in [-0.05, 0) is 32.0 Å². The zero-order chi connectivity index (χ0) is 10.2. The Morgan fingerprint density at radius 3 is 2.86 bits per heavy atom. The number of aromatic nitrogens is 1. The first kappa shape index (κ1) is 11.2. The highest BCUT2D eigenvalue weighted by Gasteiger charge is 2.03. The Balaban J connectivity index is 2.25. The van der Waals surface area contributed by atoms with Crippen LogP contribution in [-0.2, 0) is 0 Å². The first-order valence-electron chi connectivity index (χ1n) is 5.49. The third-order valence-corrected chi connectivity index (χ3v) is 2.36. The van der Waals surface area contributed by atoms with Crippen LogP contribution in [0.3, 0.4) is 0 Å². The highest BCUT2D eigenvalue weighted by Crippen LogP contribution is 2.07. The molecule has 0 aliphatic carbocycles. The molecule has 0 aromatic carbocycles. The van der Waals surface area contributed by atoms with Crippen molar-refractivity contribution >= 4 is 0 Å². The summed E-state index contributed by atoms with van der Waals surface area (Å²) in [6.45, 7) is 5.47. The van der Waals surface area contributed by atoms with Gasteiger partial charge in [-0.2, -0.15) is 0 Å². The zero-order valence-electron chi connectivity index (χ0n) is 9.16. The normalized spacial score (nSPS) is 12.7. The van der Waals surface area contributed by atoms with Crippen molar-refractivity contribution in [1.82, 2.24) is 10.3 Å². The molecule has 1 N–H and O–H groups in total. The maximum absolute atomic E-state index is 4.32. The molecule has 0 aliphatic rings. The zero-order valence-corrected chi connectivity index (χ0v) is 9.16. The molecule has 0 fully saturated rings. The summed E-state index contributed by atoms with van der Waals surface area (Å²) in [5.41, 5.74) is 1.13. The van der Waals surface area contributed by atoms with Gasteiger partial charge in [0.05, 0.1) is 5.69 Å². The minimum absolute atomic E-state index is 0.369. The smallest absolute Gasteiger partial charge is 0.0570 e. The van der Waals surface area contributed by atoms with Gasteiger partial charge in [-0.1, -0.05) is 25.8 Å². The van der Waals surface area contributed by atoms with Crippen molar-refractivity contribution in [2.24, 2.45) is 0 Å². The van der Waals surface area contributed by atoms with Crippen molar-refractivity contribution in [2.45, 2.75) is 39.2 Å². The van der Waals surface area contributed by atoms with Crippen molar-refractivity contribution in [2.75, 3.05) is 6.54 Å². The van der Waals surface area contributed by atoms with E-state index in [1.54, 1.807) is 0 Å². The molecule has 0 bridgehead atoms. The Morgan fingerprint density at radius 2 is 2.21 bits per heavy atom. The van der Waals surface area contributed by atoms with Gasteiger partial charge in [-0.15, -0.1) is 0 Å². The summed E-state index contributed by atoms with van der Waals surface area (Å²) in [4.78, 5) is 4.32. The molecule has 2 nitrogen and oxygen atoms in total. The fraction of sp³-hybridized carbons (Fsp3) is 0.583. The molecule has 0 unspecified atom stereocenters. The summed E-state index contributed by atoms with van der Waals surface area (Å²) in [6.07, 6.45) is 5.69. The number of unbranched alkanes of at least 4 members (excludes halogenated alkanes) is 2. The van der Waals surface area contributed by atoms with Crippen molar-refractivity contribution in [3.8, 4) is 0 Å². The Morgan fingerprint density at radius 1 is 1.36 bits per heavy atom. The summed E-state index contributed by atoms with van der Waals surface area (Å²) in [6, 6.07) is 6.42. The number of nitrogens with zero attached hydrogens (tertiary/aromatic N) is 1. The van der Waals surface area contributed by atoms with E-state index in [1.807, 2.05) is 18.3 Å². The van der Waals surface area contributed by atoms with Crippen LogP contribution in [0.25, 0.3) is 0 Å². The van der Waals surface area contributed by atoms with E-state index in [-0.39, 0.29) is 0 Å². The van der Waals surface area contributed by atoms with Crippen LogP contribution >= 0.6 is 0 Å². The van der Waals surface area contributed by atoms with Gasteiger partial charge >= 0.3 is 0 Å². The summed E-state index contributed by atoms with van der Waals surface area (Å²) in [5.74, 6) is 0. The largest absolute Gasteiger partial charge is 0.309 e. The van der Waals surface area contributed by atoms with Gasteiger partial charge in [0.1, 0.15) is 0 Å². The highest BCUT2D eigenvalue weighted by atomic mass is 14.9. The number of hydrogen-bond donors (Lipinski definition) is 1. The average molecular weight is 192 g/mol. The topological polar surface area (TPSA) is 24.9 Å². The fourth-order valence-electron chi connectivity index (χ4n) is 1.43. The third-order valence-electron chi connectivity index (χ3n) is 2.36. The Labute approximate surface area is 86.8 Å².